The first-order valence-electron chi connectivity index (χ1n) is 8.19. The van der Waals surface area contributed by atoms with Gasteiger partial charge in [0.1, 0.15) is 18.1 Å². The average Bonchev–Trinajstić information content (AvgIpc) is 2.55. The Balaban J connectivity index is 5.17. The van der Waals surface area contributed by atoms with E-state index in [0.29, 0.717) is 0 Å². The molecule has 0 aliphatic carbocycles. The van der Waals surface area contributed by atoms with Gasteiger partial charge in [0.25, 0.3) is 0 Å². The topological polar surface area (TPSA) is 214 Å². The maximum Gasteiger partial charge on any atom is 0.326 e. The summed E-state index contributed by atoms with van der Waals surface area (Å²) in [7, 11) is 0. The molecule has 4 amide bonds. The van der Waals surface area contributed by atoms with Crippen molar-refractivity contribution in [2.45, 2.75) is 51.4 Å². The normalized spacial score (nSPS) is 15.2. The van der Waals surface area contributed by atoms with Crippen LogP contribution in [0.4, 0.5) is 0 Å². The van der Waals surface area contributed by atoms with Crippen molar-refractivity contribution in [3.8, 4) is 0 Å². The summed E-state index contributed by atoms with van der Waals surface area (Å²) in [5.41, 5.74) is 10.3. The SMILES string of the molecule is CC(N)C(=O)NC(CO)C(=O)NC(C(=O)NC(CC(N)=O)C(=O)O)C(C)C. The van der Waals surface area contributed by atoms with Crippen LogP contribution in [0.5, 0.6) is 0 Å². The van der Waals surface area contributed by atoms with Crippen molar-refractivity contribution < 1.29 is 34.2 Å². The number of aliphatic carboxylic acids is 1. The molecule has 0 spiro atoms. The fourth-order valence-electron chi connectivity index (χ4n) is 1.95. The van der Waals surface area contributed by atoms with Gasteiger partial charge in [0.2, 0.25) is 23.6 Å². The van der Waals surface area contributed by atoms with Crippen molar-refractivity contribution in [3.05, 3.63) is 0 Å². The minimum absolute atomic E-state index is 0.472. The van der Waals surface area contributed by atoms with E-state index in [-0.39, 0.29) is 0 Å². The molecule has 0 aromatic carbocycles. The van der Waals surface area contributed by atoms with E-state index in [1.54, 1.807) is 13.8 Å². The monoisotopic (exact) mass is 389 g/mol. The summed E-state index contributed by atoms with van der Waals surface area (Å²) in [6, 6.07) is -5.01. The van der Waals surface area contributed by atoms with Gasteiger partial charge in [0, 0.05) is 0 Å². The average molecular weight is 389 g/mol. The van der Waals surface area contributed by atoms with Crippen LogP contribution in [0.15, 0.2) is 0 Å². The highest BCUT2D eigenvalue weighted by atomic mass is 16.4. The van der Waals surface area contributed by atoms with Crippen LogP contribution in [0.25, 0.3) is 0 Å². The fraction of sp³-hybridized carbons (Fsp3) is 0.667. The molecule has 0 bridgehead atoms. The summed E-state index contributed by atoms with van der Waals surface area (Å²) < 4.78 is 0. The number of nitrogens with two attached hydrogens (primary N) is 2. The Morgan fingerprint density at radius 3 is 1.78 bits per heavy atom. The molecule has 0 fully saturated rings. The van der Waals surface area contributed by atoms with E-state index in [9.17, 15) is 29.1 Å². The van der Waals surface area contributed by atoms with Crippen molar-refractivity contribution in [3.63, 3.8) is 0 Å². The van der Waals surface area contributed by atoms with Crippen LogP contribution >= 0.6 is 0 Å². The summed E-state index contributed by atoms with van der Waals surface area (Å²) in [6.07, 6.45) is -0.621. The number of nitrogens with one attached hydrogen (secondary N) is 3. The lowest BCUT2D eigenvalue weighted by Crippen LogP contribution is -2.59. The van der Waals surface area contributed by atoms with Gasteiger partial charge in [0.05, 0.1) is 19.1 Å². The number of aliphatic hydroxyl groups is 1. The molecule has 0 aliphatic heterocycles. The Hall–Kier alpha value is -2.73. The maximum absolute atomic E-state index is 12.3. The van der Waals surface area contributed by atoms with Gasteiger partial charge < -0.3 is 37.6 Å². The maximum atomic E-state index is 12.3. The number of rotatable bonds is 11. The molecule has 9 N–H and O–H groups in total. The number of hydrogen-bond donors (Lipinski definition) is 7. The Bertz CT molecular complexity index is 579. The predicted molar refractivity (Wildman–Crippen MR) is 92.8 cm³/mol. The summed E-state index contributed by atoms with van der Waals surface area (Å²) in [5.74, 6) is -5.26. The molecule has 12 nitrogen and oxygen atoms in total. The van der Waals surface area contributed by atoms with Crippen molar-refractivity contribution in [2.75, 3.05) is 6.61 Å². The molecule has 0 heterocycles. The molecule has 0 aliphatic rings. The van der Waals surface area contributed by atoms with E-state index >= 15 is 0 Å². The third-order valence-corrected chi connectivity index (χ3v) is 3.50. The first kappa shape index (κ1) is 24.3. The van der Waals surface area contributed by atoms with Crippen LogP contribution in [-0.2, 0) is 24.0 Å². The molecule has 154 valence electrons. The molecule has 0 saturated heterocycles. The Labute approximate surface area is 156 Å². The van der Waals surface area contributed by atoms with Gasteiger partial charge in [-0.1, -0.05) is 13.8 Å². The van der Waals surface area contributed by atoms with Gasteiger partial charge in [-0.3, -0.25) is 19.2 Å². The van der Waals surface area contributed by atoms with Crippen molar-refractivity contribution in [1.29, 1.82) is 0 Å². The zero-order valence-electron chi connectivity index (χ0n) is 15.4. The van der Waals surface area contributed by atoms with Crippen molar-refractivity contribution in [2.24, 2.45) is 17.4 Å². The van der Waals surface area contributed by atoms with Crippen molar-refractivity contribution >= 4 is 29.6 Å². The number of carbonyl (C=O) groups is 5. The van der Waals surface area contributed by atoms with Crippen molar-refractivity contribution in [1.82, 2.24) is 16.0 Å². The van der Waals surface area contributed by atoms with Gasteiger partial charge >= 0.3 is 5.97 Å². The molecular formula is C15H27N5O7. The van der Waals surface area contributed by atoms with Crippen LogP contribution in [0.1, 0.15) is 27.2 Å². The van der Waals surface area contributed by atoms with E-state index in [1.165, 1.54) is 6.92 Å². The summed E-state index contributed by atoms with van der Waals surface area (Å²) >= 11 is 0. The zero-order chi connectivity index (χ0) is 21.3. The molecule has 4 atom stereocenters. The number of carbonyl (C=O) groups excluding carboxylic acids is 4. The lowest BCUT2D eigenvalue weighted by Gasteiger charge is -2.26. The summed E-state index contributed by atoms with van der Waals surface area (Å²) in [4.78, 5) is 58.2. The number of primary amides is 1. The molecule has 0 radical (unpaired) electrons. The number of carboxylic acid groups (broad SMARTS) is 1. The van der Waals surface area contributed by atoms with E-state index in [1.807, 2.05) is 0 Å². The van der Waals surface area contributed by atoms with Crippen LogP contribution in [-0.4, -0.2) is 70.6 Å². The van der Waals surface area contributed by atoms with Gasteiger partial charge in [-0.2, -0.15) is 0 Å². The van der Waals surface area contributed by atoms with Gasteiger partial charge in [-0.25, -0.2) is 4.79 Å². The minimum Gasteiger partial charge on any atom is -0.480 e. The number of hydrogen-bond acceptors (Lipinski definition) is 7. The molecule has 12 heteroatoms. The Kier molecular flexibility index (Phi) is 9.96. The largest absolute Gasteiger partial charge is 0.480 e. The number of amides is 4. The third-order valence-electron chi connectivity index (χ3n) is 3.50. The molecular weight excluding hydrogens is 362 g/mol. The third kappa shape index (κ3) is 8.46. The van der Waals surface area contributed by atoms with Gasteiger partial charge in [-0.05, 0) is 12.8 Å². The first-order valence-corrected chi connectivity index (χ1v) is 8.19. The second-order valence-electron chi connectivity index (χ2n) is 6.33. The van der Waals surface area contributed by atoms with E-state index in [4.69, 9.17) is 16.6 Å². The molecule has 0 aromatic rings. The first-order chi connectivity index (χ1) is 12.4. The standard InChI is InChI=1S/C15H27N5O7/c1-6(2)11(14(25)18-8(15(26)27)4-10(17)22)20-13(24)9(5-21)19-12(23)7(3)16/h6-9,11,21H,4-5,16H2,1-3H3,(H2,17,22)(H,18,25)(H,19,23)(H,20,24)(H,26,27). The van der Waals surface area contributed by atoms with Crippen LogP contribution < -0.4 is 27.4 Å². The van der Waals surface area contributed by atoms with Gasteiger partial charge in [-0.15, -0.1) is 0 Å². The molecule has 0 rings (SSSR count). The van der Waals surface area contributed by atoms with Crippen LogP contribution in [0.2, 0.25) is 0 Å². The Morgan fingerprint density at radius 1 is 0.889 bits per heavy atom. The fourth-order valence-corrected chi connectivity index (χ4v) is 1.95. The molecule has 0 aromatic heterocycles. The van der Waals surface area contributed by atoms with Crippen LogP contribution in [0, 0.1) is 5.92 Å². The highest BCUT2D eigenvalue weighted by Crippen LogP contribution is 2.04. The number of carboxylic acids is 1. The molecule has 0 saturated carbocycles. The summed E-state index contributed by atoms with van der Waals surface area (Å²) in [5, 5.41) is 25.0. The van der Waals surface area contributed by atoms with E-state index < -0.39 is 72.7 Å². The summed E-state index contributed by atoms with van der Waals surface area (Å²) in [6.45, 7) is 3.82. The second-order valence-corrected chi connectivity index (χ2v) is 6.33. The quantitative estimate of drug-likeness (QED) is 0.187. The molecule has 27 heavy (non-hydrogen) atoms. The highest BCUT2D eigenvalue weighted by Gasteiger charge is 2.31. The van der Waals surface area contributed by atoms with Gasteiger partial charge in [0.15, 0.2) is 0 Å². The van der Waals surface area contributed by atoms with E-state index in [2.05, 4.69) is 16.0 Å². The lowest BCUT2D eigenvalue weighted by atomic mass is 10.0. The molecule has 4 unspecified atom stereocenters. The Morgan fingerprint density at radius 2 is 1.41 bits per heavy atom. The smallest absolute Gasteiger partial charge is 0.326 e. The zero-order valence-corrected chi connectivity index (χ0v) is 15.4. The number of aliphatic hydroxyl groups excluding tert-OH is 1. The predicted octanol–water partition coefficient (Wildman–Crippen LogP) is -3.60. The minimum atomic E-state index is -1.56. The lowest BCUT2D eigenvalue weighted by molar-refractivity contribution is -0.144. The second kappa shape index (κ2) is 11.1. The van der Waals surface area contributed by atoms with Crippen LogP contribution in [0.3, 0.4) is 0 Å². The van der Waals surface area contributed by atoms with E-state index in [0.717, 1.165) is 0 Å². The highest BCUT2D eigenvalue weighted by molar-refractivity contribution is 5.95.